The van der Waals surface area contributed by atoms with Crippen LogP contribution in [0, 0.1) is 0 Å². The molecule has 6 heteroatoms. The summed E-state index contributed by atoms with van der Waals surface area (Å²) < 4.78 is 1.64. The first-order valence-electron chi connectivity index (χ1n) is 10.2. The Balaban J connectivity index is 1.41. The van der Waals surface area contributed by atoms with Crippen LogP contribution in [0.5, 0.6) is 0 Å². The number of para-hydroxylation sites is 1. The van der Waals surface area contributed by atoms with Gasteiger partial charge in [-0.2, -0.15) is 0 Å². The molecule has 0 saturated carbocycles. The fourth-order valence-electron chi connectivity index (χ4n) is 3.59. The summed E-state index contributed by atoms with van der Waals surface area (Å²) in [6.45, 7) is 0.479. The minimum Gasteiger partial charge on any atom is -0.322 e. The number of anilines is 1. The van der Waals surface area contributed by atoms with Crippen molar-refractivity contribution in [1.82, 2.24) is 9.55 Å². The summed E-state index contributed by atoms with van der Waals surface area (Å²) in [5.74, 6) is -0.187. The van der Waals surface area contributed by atoms with Gasteiger partial charge in [0.1, 0.15) is 0 Å². The van der Waals surface area contributed by atoms with E-state index in [0.717, 1.165) is 27.0 Å². The quantitative estimate of drug-likeness (QED) is 0.399. The number of nitrogens with zero attached hydrogens (tertiary/aromatic N) is 2. The highest BCUT2D eigenvalue weighted by atomic mass is 32.1. The predicted molar refractivity (Wildman–Crippen MR) is 129 cm³/mol. The zero-order valence-corrected chi connectivity index (χ0v) is 17.9. The molecular weight excluding hydrogens is 418 g/mol. The number of amides is 1. The lowest BCUT2D eigenvalue weighted by atomic mass is 10.1. The van der Waals surface area contributed by atoms with E-state index in [1.54, 1.807) is 28.2 Å². The number of rotatable bonds is 5. The van der Waals surface area contributed by atoms with Crippen molar-refractivity contribution >= 4 is 33.8 Å². The van der Waals surface area contributed by atoms with E-state index in [0.29, 0.717) is 17.8 Å². The summed E-state index contributed by atoms with van der Waals surface area (Å²) in [6.07, 6.45) is 1.76. The van der Waals surface area contributed by atoms with E-state index in [-0.39, 0.29) is 11.5 Å². The molecular formula is C26H19N3O2S. The van der Waals surface area contributed by atoms with Crippen LogP contribution in [0.1, 0.15) is 15.9 Å². The number of carbonyl (C=O) groups excluding carboxylic acids is 1. The van der Waals surface area contributed by atoms with E-state index in [1.807, 2.05) is 78.2 Å². The molecule has 32 heavy (non-hydrogen) atoms. The largest absolute Gasteiger partial charge is 0.322 e. The average Bonchev–Trinajstić information content (AvgIpc) is 3.36. The van der Waals surface area contributed by atoms with Crippen LogP contribution in [0.2, 0.25) is 0 Å². The van der Waals surface area contributed by atoms with Crippen LogP contribution < -0.4 is 10.9 Å². The van der Waals surface area contributed by atoms with Gasteiger partial charge in [0.2, 0.25) is 0 Å². The predicted octanol–water partition coefficient (Wildman–Crippen LogP) is 5.43. The van der Waals surface area contributed by atoms with Crippen molar-refractivity contribution in [2.75, 3.05) is 5.32 Å². The Bertz CT molecular complexity index is 1450. The smallest absolute Gasteiger partial charge is 0.256 e. The number of fused-ring (bicyclic) bond motifs is 1. The van der Waals surface area contributed by atoms with Gasteiger partial charge < -0.3 is 9.88 Å². The zero-order chi connectivity index (χ0) is 21.9. The molecule has 5 rings (SSSR count). The molecule has 0 atom stereocenters. The van der Waals surface area contributed by atoms with Crippen molar-refractivity contribution in [3.63, 3.8) is 0 Å². The Morgan fingerprint density at radius 1 is 0.938 bits per heavy atom. The van der Waals surface area contributed by atoms with Crippen LogP contribution in [0.3, 0.4) is 0 Å². The van der Waals surface area contributed by atoms with Gasteiger partial charge in [-0.3, -0.25) is 9.59 Å². The maximum Gasteiger partial charge on any atom is 0.256 e. The molecule has 5 nitrogen and oxygen atoms in total. The van der Waals surface area contributed by atoms with Gasteiger partial charge in [0, 0.05) is 23.3 Å². The monoisotopic (exact) mass is 437 g/mol. The van der Waals surface area contributed by atoms with E-state index in [1.165, 1.54) is 6.07 Å². The van der Waals surface area contributed by atoms with Gasteiger partial charge >= 0.3 is 0 Å². The fourth-order valence-corrected chi connectivity index (χ4v) is 4.28. The first kappa shape index (κ1) is 19.9. The first-order valence-corrected chi connectivity index (χ1v) is 11.0. The molecule has 2 aromatic carbocycles. The van der Waals surface area contributed by atoms with Crippen LogP contribution in [0.4, 0.5) is 5.69 Å². The topological polar surface area (TPSA) is 64.0 Å². The van der Waals surface area contributed by atoms with Crippen molar-refractivity contribution in [2.45, 2.75) is 6.54 Å². The van der Waals surface area contributed by atoms with E-state index in [4.69, 9.17) is 4.98 Å². The maximum absolute atomic E-state index is 13.2. The van der Waals surface area contributed by atoms with Gasteiger partial charge in [-0.25, -0.2) is 4.98 Å². The molecule has 0 spiro atoms. The van der Waals surface area contributed by atoms with E-state index in [2.05, 4.69) is 5.32 Å². The van der Waals surface area contributed by atoms with Gasteiger partial charge in [0.25, 0.3) is 11.5 Å². The van der Waals surface area contributed by atoms with Crippen molar-refractivity contribution in [2.24, 2.45) is 0 Å². The second kappa shape index (κ2) is 8.61. The molecule has 0 saturated heterocycles. The molecule has 3 heterocycles. The minimum absolute atomic E-state index is 0.0454. The fraction of sp³-hybridized carbons (Fsp3) is 0.0385. The number of benzene rings is 2. The maximum atomic E-state index is 13.2. The number of aromatic nitrogens is 2. The van der Waals surface area contributed by atoms with Crippen molar-refractivity contribution in [1.29, 1.82) is 0 Å². The number of carbonyl (C=O) groups is 1. The molecule has 1 amide bonds. The Kier molecular flexibility index (Phi) is 5.35. The summed E-state index contributed by atoms with van der Waals surface area (Å²) in [5.41, 5.74) is 3.78. The van der Waals surface area contributed by atoms with E-state index in [9.17, 15) is 9.59 Å². The van der Waals surface area contributed by atoms with Crippen molar-refractivity contribution < 1.29 is 4.79 Å². The molecule has 0 aliphatic rings. The number of hydrogen-bond donors (Lipinski definition) is 1. The van der Waals surface area contributed by atoms with Crippen LogP contribution in [0.25, 0.3) is 21.5 Å². The Labute approximate surface area is 188 Å². The van der Waals surface area contributed by atoms with Gasteiger partial charge in [-0.1, -0.05) is 42.5 Å². The number of hydrogen-bond acceptors (Lipinski definition) is 4. The SMILES string of the molecule is O=C(Nc1ccc(Cn2ccccc2=O)cc1)c1cc(-c2cccs2)nc2ccccc12. The molecule has 0 fully saturated rings. The molecule has 0 radical (unpaired) electrons. The average molecular weight is 438 g/mol. The van der Waals surface area contributed by atoms with E-state index >= 15 is 0 Å². The second-order valence-corrected chi connectivity index (χ2v) is 8.32. The molecule has 0 bridgehead atoms. The second-order valence-electron chi connectivity index (χ2n) is 7.37. The minimum atomic E-state index is -0.187. The summed E-state index contributed by atoms with van der Waals surface area (Å²) in [5, 5.41) is 5.80. The zero-order valence-electron chi connectivity index (χ0n) is 17.1. The highest BCUT2D eigenvalue weighted by Crippen LogP contribution is 2.28. The lowest BCUT2D eigenvalue weighted by molar-refractivity contribution is 0.102. The lowest BCUT2D eigenvalue weighted by Gasteiger charge is -2.11. The Hall–Kier alpha value is -4.03. The molecule has 0 unspecified atom stereocenters. The van der Waals surface area contributed by atoms with Crippen molar-refractivity contribution in [3.8, 4) is 10.6 Å². The van der Waals surface area contributed by atoms with Gasteiger partial charge in [0.05, 0.1) is 28.2 Å². The van der Waals surface area contributed by atoms with Crippen molar-refractivity contribution in [3.05, 3.63) is 118 Å². The summed E-state index contributed by atoms with van der Waals surface area (Å²) >= 11 is 1.59. The van der Waals surface area contributed by atoms with Crippen LogP contribution in [-0.4, -0.2) is 15.5 Å². The lowest BCUT2D eigenvalue weighted by Crippen LogP contribution is -2.18. The number of pyridine rings is 2. The highest BCUT2D eigenvalue weighted by Gasteiger charge is 2.14. The first-order chi connectivity index (χ1) is 15.7. The highest BCUT2D eigenvalue weighted by molar-refractivity contribution is 7.13. The normalized spacial score (nSPS) is 10.9. The van der Waals surface area contributed by atoms with E-state index < -0.39 is 0 Å². The summed E-state index contributed by atoms with van der Waals surface area (Å²) in [4.78, 5) is 30.9. The molecule has 3 aromatic heterocycles. The molecule has 1 N–H and O–H groups in total. The van der Waals surface area contributed by atoms with Crippen LogP contribution in [-0.2, 0) is 6.54 Å². The third-order valence-corrected chi connectivity index (χ3v) is 6.09. The summed E-state index contributed by atoms with van der Waals surface area (Å²) in [7, 11) is 0. The Morgan fingerprint density at radius 3 is 2.53 bits per heavy atom. The summed E-state index contributed by atoms with van der Waals surface area (Å²) in [6, 6.07) is 26.1. The van der Waals surface area contributed by atoms with Gasteiger partial charge in [-0.15, -0.1) is 11.3 Å². The molecule has 0 aliphatic carbocycles. The van der Waals surface area contributed by atoms with Gasteiger partial charge in [-0.05, 0) is 47.3 Å². The standard InChI is InChI=1S/C26H19N3O2S/c30-25-9-3-4-14-29(25)17-18-10-12-19(13-11-18)27-26(31)21-16-23(24-8-5-15-32-24)28-22-7-2-1-6-20(21)22/h1-16H,17H2,(H,27,31). The van der Waals surface area contributed by atoms with Crippen LogP contribution >= 0.6 is 11.3 Å². The van der Waals surface area contributed by atoms with Gasteiger partial charge in [0.15, 0.2) is 0 Å². The Morgan fingerprint density at radius 2 is 1.75 bits per heavy atom. The van der Waals surface area contributed by atoms with Crippen LogP contribution in [0.15, 0.2) is 101 Å². The number of nitrogens with one attached hydrogen (secondary N) is 1. The number of thiophene rings is 1. The third-order valence-electron chi connectivity index (χ3n) is 5.20. The third kappa shape index (κ3) is 4.08. The molecule has 5 aromatic rings. The molecule has 156 valence electrons. The molecule has 0 aliphatic heterocycles.